The predicted octanol–water partition coefficient (Wildman–Crippen LogP) is 6.30. The molecule has 0 radical (unpaired) electrons. The fourth-order valence-electron chi connectivity index (χ4n) is 3.27. The van der Waals surface area contributed by atoms with Gasteiger partial charge in [0.2, 0.25) is 0 Å². The Morgan fingerprint density at radius 3 is 2.68 bits per heavy atom. The smallest absolute Gasteiger partial charge is 0.191 e. The normalized spacial score (nSPS) is 12.2. The average Bonchev–Trinajstić information content (AvgIpc) is 3.36. The van der Waals surface area contributed by atoms with Crippen molar-refractivity contribution >= 4 is 23.1 Å². The van der Waals surface area contributed by atoms with Gasteiger partial charge < -0.3 is 9.30 Å². The third-order valence-corrected chi connectivity index (χ3v) is 7.18. The fraction of sp³-hybridized carbons (Fsp3) is 0.292. The second-order valence-electron chi connectivity index (χ2n) is 7.71. The van der Waals surface area contributed by atoms with Crippen molar-refractivity contribution in [1.29, 1.82) is 0 Å². The van der Waals surface area contributed by atoms with Crippen LogP contribution < -0.4 is 4.74 Å². The molecule has 0 amide bonds. The first-order valence-electron chi connectivity index (χ1n) is 10.2. The molecule has 0 N–H and O–H groups in total. The third-order valence-electron chi connectivity index (χ3n) is 5.19. The Hall–Kier alpha value is -2.64. The molecule has 5 nitrogen and oxygen atoms in total. The number of rotatable bonds is 7. The molecule has 0 aliphatic heterocycles. The number of hydrogen-bond donors (Lipinski definition) is 0. The zero-order chi connectivity index (χ0) is 22.0. The van der Waals surface area contributed by atoms with Gasteiger partial charge in [-0.15, -0.1) is 21.5 Å². The van der Waals surface area contributed by atoms with E-state index >= 15 is 0 Å². The largest absolute Gasteiger partial charge is 0.483 e. The van der Waals surface area contributed by atoms with E-state index in [2.05, 4.69) is 72.7 Å². The Morgan fingerprint density at radius 1 is 1.06 bits per heavy atom. The van der Waals surface area contributed by atoms with Gasteiger partial charge in [0.1, 0.15) is 10.8 Å². The van der Waals surface area contributed by atoms with E-state index in [4.69, 9.17) is 9.72 Å². The molecule has 0 fully saturated rings. The Labute approximate surface area is 191 Å². The standard InChI is InChI=1S/C24H26N4OS2/c1-15-7-6-8-19(11-15)23-25-20(13-30-23)14-31-24-27-26-22(28(24)5)18(4)29-21-10-9-16(2)17(3)12-21/h6-13,18H,14H2,1-5H3. The third kappa shape index (κ3) is 4.99. The molecule has 4 aromatic rings. The van der Waals surface area contributed by atoms with Crippen LogP contribution in [0.1, 0.15) is 41.2 Å². The number of thiazole rings is 1. The lowest BCUT2D eigenvalue weighted by Gasteiger charge is -2.15. The summed E-state index contributed by atoms with van der Waals surface area (Å²) in [7, 11) is 1.98. The van der Waals surface area contributed by atoms with Crippen molar-refractivity contribution in [2.24, 2.45) is 7.05 Å². The molecule has 0 saturated heterocycles. The van der Waals surface area contributed by atoms with Crippen molar-refractivity contribution in [3.05, 3.63) is 76.1 Å². The molecule has 31 heavy (non-hydrogen) atoms. The highest BCUT2D eigenvalue weighted by molar-refractivity contribution is 7.98. The molecule has 0 aliphatic carbocycles. The number of nitrogens with zero attached hydrogens (tertiary/aromatic N) is 4. The molecule has 2 aromatic carbocycles. The lowest BCUT2D eigenvalue weighted by molar-refractivity contribution is 0.211. The summed E-state index contributed by atoms with van der Waals surface area (Å²) in [5, 5.41) is 12.8. The minimum absolute atomic E-state index is 0.193. The van der Waals surface area contributed by atoms with Gasteiger partial charge in [0.25, 0.3) is 0 Å². The molecule has 1 unspecified atom stereocenters. The Morgan fingerprint density at radius 2 is 1.90 bits per heavy atom. The van der Waals surface area contributed by atoms with Gasteiger partial charge >= 0.3 is 0 Å². The molecule has 2 aromatic heterocycles. The van der Waals surface area contributed by atoms with Crippen LogP contribution in [0.5, 0.6) is 5.75 Å². The van der Waals surface area contributed by atoms with E-state index in [9.17, 15) is 0 Å². The quantitative estimate of drug-likeness (QED) is 0.309. The molecular formula is C24H26N4OS2. The topological polar surface area (TPSA) is 52.8 Å². The summed E-state index contributed by atoms with van der Waals surface area (Å²) in [5.41, 5.74) is 5.93. The molecule has 0 aliphatic rings. The number of ether oxygens (including phenoxy) is 1. The SMILES string of the molecule is Cc1cccc(-c2nc(CSc3nnc(C(C)Oc4ccc(C)c(C)c4)n3C)cs2)c1. The lowest BCUT2D eigenvalue weighted by atomic mass is 10.1. The van der Waals surface area contributed by atoms with Gasteiger partial charge in [-0.1, -0.05) is 41.6 Å². The van der Waals surface area contributed by atoms with Crippen molar-refractivity contribution in [2.45, 2.75) is 44.7 Å². The van der Waals surface area contributed by atoms with Crippen molar-refractivity contribution < 1.29 is 4.74 Å². The van der Waals surface area contributed by atoms with E-state index in [-0.39, 0.29) is 6.10 Å². The summed E-state index contributed by atoms with van der Waals surface area (Å²) in [4.78, 5) is 4.79. The number of hydrogen-bond acceptors (Lipinski definition) is 6. The Balaban J connectivity index is 1.41. The van der Waals surface area contributed by atoms with Crippen LogP contribution in [0, 0.1) is 20.8 Å². The molecule has 0 spiro atoms. The van der Waals surface area contributed by atoms with E-state index in [0.717, 1.165) is 33.2 Å². The number of aromatic nitrogens is 4. The van der Waals surface area contributed by atoms with Crippen LogP contribution in [0.15, 0.2) is 53.0 Å². The van der Waals surface area contributed by atoms with E-state index in [0.29, 0.717) is 0 Å². The van der Waals surface area contributed by atoms with E-state index in [1.807, 2.05) is 24.6 Å². The van der Waals surface area contributed by atoms with Crippen LogP contribution in [0.4, 0.5) is 0 Å². The van der Waals surface area contributed by atoms with Crippen LogP contribution in [0.3, 0.4) is 0 Å². The minimum atomic E-state index is -0.193. The number of benzene rings is 2. The van der Waals surface area contributed by atoms with Crippen molar-refractivity contribution in [3.8, 4) is 16.3 Å². The zero-order valence-electron chi connectivity index (χ0n) is 18.4. The molecule has 160 valence electrons. The average molecular weight is 451 g/mol. The maximum atomic E-state index is 6.11. The lowest BCUT2D eigenvalue weighted by Crippen LogP contribution is -2.10. The highest BCUT2D eigenvalue weighted by atomic mass is 32.2. The first-order chi connectivity index (χ1) is 14.9. The molecular weight excluding hydrogens is 424 g/mol. The van der Waals surface area contributed by atoms with E-state index in [1.54, 1.807) is 23.1 Å². The van der Waals surface area contributed by atoms with Gasteiger partial charge in [-0.05, 0) is 57.0 Å². The van der Waals surface area contributed by atoms with Crippen molar-refractivity contribution in [1.82, 2.24) is 19.7 Å². The molecule has 0 bridgehead atoms. The summed E-state index contributed by atoms with van der Waals surface area (Å²) in [6, 6.07) is 14.6. The highest BCUT2D eigenvalue weighted by Crippen LogP contribution is 2.29. The summed E-state index contributed by atoms with van der Waals surface area (Å²) >= 11 is 3.32. The maximum absolute atomic E-state index is 6.11. The van der Waals surface area contributed by atoms with E-state index < -0.39 is 0 Å². The van der Waals surface area contributed by atoms with Crippen molar-refractivity contribution in [2.75, 3.05) is 0 Å². The number of thioether (sulfide) groups is 1. The highest BCUT2D eigenvalue weighted by Gasteiger charge is 2.18. The Bertz CT molecular complexity index is 1200. The second-order valence-corrected chi connectivity index (χ2v) is 9.51. The molecule has 0 saturated carbocycles. The molecule has 2 heterocycles. The summed E-state index contributed by atoms with van der Waals surface area (Å²) in [6.07, 6.45) is -0.193. The predicted molar refractivity (Wildman–Crippen MR) is 128 cm³/mol. The van der Waals surface area contributed by atoms with Crippen LogP contribution in [0.2, 0.25) is 0 Å². The van der Waals surface area contributed by atoms with Gasteiger partial charge in [0, 0.05) is 23.7 Å². The summed E-state index contributed by atoms with van der Waals surface area (Å²) < 4.78 is 8.12. The molecule has 4 rings (SSSR count). The van der Waals surface area contributed by atoms with E-state index in [1.165, 1.54) is 22.3 Å². The molecule has 1 atom stereocenters. The van der Waals surface area contributed by atoms with Crippen molar-refractivity contribution in [3.63, 3.8) is 0 Å². The minimum Gasteiger partial charge on any atom is -0.483 e. The van der Waals surface area contributed by atoms with Gasteiger partial charge in [0.05, 0.1) is 5.69 Å². The van der Waals surface area contributed by atoms with Gasteiger partial charge in [-0.2, -0.15) is 0 Å². The fourth-order valence-corrected chi connectivity index (χ4v) is 5.01. The molecule has 7 heteroatoms. The second kappa shape index (κ2) is 9.24. The summed E-state index contributed by atoms with van der Waals surface area (Å²) in [5.74, 6) is 2.40. The maximum Gasteiger partial charge on any atom is 0.191 e. The van der Waals surface area contributed by atoms with Crippen LogP contribution in [-0.2, 0) is 12.8 Å². The van der Waals surface area contributed by atoms with Gasteiger partial charge in [-0.3, -0.25) is 0 Å². The number of aryl methyl sites for hydroxylation is 3. The summed E-state index contributed by atoms with van der Waals surface area (Å²) in [6.45, 7) is 8.29. The first kappa shape index (κ1) is 21.6. The van der Waals surface area contributed by atoms with Crippen LogP contribution in [-0.4, -0.2) is 19.7 Å². The zero-order valence-corrected chi connectivity index (χ0v) is 20.0. The van der Waals surface area contributed by atoms with Crippen LogP contribution in [0.25, 0.3) is 10.6 Å². The van der Waals surface area contributed by atoms with Crippen LogP contribution >= 0.6 is 23.1 Å². The first-order valence-corrected chi connectivity index (χ1v) is 12.0. The Kier molecular flexibility index (Phi) is 6.43. The van der Waals surface area contributed by atoms with Gasteiger partial charge in [0.15, 0.2) is 17.1 Å². The van der Waals surface area contributed by atoms with Gasteiger partial charge in [-0.25, -0.2) is 4.98 Å². The monoisotopic (exact) mass is 450 g/mol.